The maximum Gasteiger partial charge on any atom is 0.307 e. The number of thioether (sulfide) groups is 1. The van der Waals surface area contributed by atoms with Crippen LogP contribution >= 0.6 is 11.8 Å². The van der Waals surface area contributed by atoms with Gasteiger partial charge in [0.1, 0.15) is 0 Å². The molecule has 1 amide bonds. The summed E-state index contributed by atoms with van der Waals surface area (Å²) in [4.78, 5) is 35.5. The Kier molecular flexibility index (Phi) is 6.16. The molecule has 114 valence electrons. The number of amides is 1. The molecule has 0 heterocycles. The molecule has 1 rings (SSSR count). The van der Waals surface area contributed by atoms with Crippen LogP contribution in [-0.2, 0) is 9.53 Å². The molecule has 0 saturated carbocycles. The fraction of sp³-hybridized carbons (Fsp3) is 0.385. The summed E-state index contributed by atoms with van der Waals surface area (Å²) < 4.78 is 4.50. The van der Waals surface area contributed by atoms with Gasteiger partial charge in [-0.05, 0) is 18.4 Å². The van der Waals surface area contributed by atoms with Crippen molar-refractivity contribution >= 4 is 29.3 Å². The van der Waals surface area contributed by atoms with E-state index in [1.54, 1.807) is 12.3 Å². The Morgan fingerprint density at radius 2 is 2.10 bits per heavy atom. The van der Waals surface area contributed by atoms with E-state index in [9.17, 15) is 19.7 Å². The molecule has 8 heteroatoms. The Hall–Kier alpha value is -2.09. The molecule has 21 heavy (non-hydrogen) atoms. The van der Waals surface area contributed by atoms with Gasteiger partial charge in [0.15, 0.2) is 0 Å². The number of methoxy groups -OCH3 is 1. The van der Waals surface area contributed by atoms with Crippen LogP contribution in [0.4, 0.5) is 5.69 Å². The maximum absolute atomic E-state index is 12.2. The van der Waals surface area contributed by atoms with Gasteiger partial charge >= 0.3 is 5.97 Å². The maximum atomic E-state index is 12.2. The highest BCUT2D eigenvalue weighted by molar-refractivity contribution is 7.98. The molecule has 0 atom stereocenters. The fourth-order valence-electron chi connectivity index (χ4n) is 1.65. The average Bonchev–Trinajstić information content (AvgIpc) is 2.50. The lowest BCUT2D eigenvalue weighted by atomic mass is 10.1. The molecule has 1 aromatic rings. The van der Waals surface area contributed by atoms with Crippen LogP contribution in [-0.4, -0.2) is 48.7 Å². The zero-order valence-electron chi connectivity index (χ0n) is 12.0. The standard InChI is InChI=1S/C13H16N2O5S/c1-14(7-6-12(16)20-2)13(17)9-4-5-11(21-3)10(8-9)15(18)19/h4-5,8H,6-7H2,1-3H3. The number of hydrogen-bond donors (Lipinski definition) is 0. The van der Waals surface area contributed by atoms with E-state index in [4.69, 9.17) is 0 Å². The second kappa shape index (κ2) is 7.63. The minimum atomic E-state index is -0.517. The summed E-state index contributed by atoms with van der Waals surface area (Å²) in [6, 6.07) is 4.34. The molecular weight excluding hydrogens is 296 g/mol. The molecule has 7 nitrogen and oxygen atoms in total. The van der Waals surface area contributed by atoms with E-state index in [1.807, 2.05) is 0 Å². The van der Waals surface area contributed by atoms with Crippen molar-refractivity contribution in [2.75, 3.05) is 27.0 Å². The van der Waals surface area contributed by atoms with Crippen molar-refractivity contribution in [3.8, 4) is 0 Å². The first kappa shape index (κ1) is 17.0. The van der Waals surface area contributed by atoms with Gasteiger partial charge in [-0.1, -0.05) is 0 Å². The van der Waals surface area contributed by atoms with E-state index in [0.29, 0.717) is 4.90 Å². The van der Waals surface area contributed by atoms with E-state index < -0.39 is 10.9 Å². The number of nitro benzene ring substituents is 1. The number of hydrogen-bond acceptors (Lipinski definition) is 6. The van der Waals surface area contributed by atoms with Gasteiger partial charge < -0.3 is 9.64 Å². The highest BCUT2D eigenvalue weighted by atomic mass is 32.2. The minimum Gasteiger partial charge on any atom is -0.469 e. The summed E-state index contributed by atoms with van der Waals surface area (Å²) >= 11 is 1.24. The smallest absolute Gasteiger partial charge is 0.307 e. The Bertz CT molecular complexity index is 561. The summed E-state index contributed by atoms with van der Waals surface area (Å²) in [5, 5.41) is 11.0. The van der Waals surface area contributed by atoms with Crippen LogP contribution in [0.3, 0.4) is 0 Å². The molecule has 0 radical (unpaired) electrons. The topological polar surface area (TPSA) is 89.8 Å². The van der Waals surface area contributed by atoms with E-state index in [1.165, 1.54) is 43.0 Å². The number of benzene rings is 1. The molecule has 0 saturated heterocycles. The Balaban J connectivity index is 2.89. The third-order valence-corrected chi connectivity index (χ3v) is 3.63. The van der Waals surface area contributed by atoms with Crippen LogP contribution in [0.15, 0.2) is 23.1 Å². The summed E-state index contributed by atoms with van der Waals surface area (Å²) in [6.07, 6.45) is 1.80. The zero-order valence-corrected chi connectivity index (χ0v) is 12.8. The van der Waals surface area contributed by atoms with Crippen LogP contribution in [0.5, 0.6) is 0 Å². The van der Waals surface area contributed by atoms with E-state index >= 15 is 0 Å². The molecule has 0 bridgehead atoms. The molecule has 0 N–H and O–H groups in total. The first-order valence-corrected chi connectivity index (χ1v) is 7.28. The first-order chi connectivity index (χ1) is 9.90. The molecule has 0 unspecified atom stereocenters. The van der Waals surface area contributed by atoms with E-state index in [0.717, 1.165) is 0 Å². The second-order valence-corrected chi connectivity index (χ2v) is 5.04. The van der Waals surface area contributed by atoms with Crippen molar-refractivity contribution < 1.29 is 19.2 Å². The van der Waals surface area contributed by atoms with Crippen molar-refractivity contribution in [2.24, 2.45) is 0 Å². The molecule has 0 fully saturated rings. The number of nitrogens with zero attached hydrogens (tertiary/aromatic N) is 2. The van der Waals surface area contributed by atoms with E-state index in [2.05, 4.69) is 4.74 Å². The number of carbonyl (C=O) groups is 2. The quantitative estimate of drug-likeness (QED) is 0.345. The number of carbonyl (C=O) groups excluding carboxylic acids is 2. The average molecular weight is 312 g/mol. The lowest BCUT2D eigenvalue weighted by molar-refractivity contribution is -0.387. The molecule has 1 aromatic carbocycles. The van der Waals surface area contributed by atoms with Gasteiger partial charge in [0.05, 0.1) is 23.3 Å². The monoisotopic (exact) mass is 312 g/mol. The van der Waals surface area contributed by atoms with Crippen LogP contribution in [0.2, 0.25) is 0 Å². The van der Waals surface area contributed by atoms with Gasteiger partial charge in [-0.2, -0.15) is 0 Å². The number of esters is 1. The van der Waals surface area contributed by atoms with E-state index in [-0.39, 0.29) is 30.1 Å². The molecule has 0 aliphatic rings. The summed E-state index contributed by atoms with van der Waals surface area (Å²) in [5.41, 5.74) is 0.113. The highest BCUT2D eigenvalue weighted by Crippen LogP contribution is 2.28. The second-order valence-electron chi connectivity index (χ2n) is 4.20. The van der Waals surface area contributed by atoms with Gasteiger partial charge in [-0.15, -0.1) is 11.8 Å². The van der Waals surface area contributed by atoms with Crippen LogP contribution in [0.25, 0.3) is 0 Å². The largest absolute Gasteiger partial charge is 0.469 e. The highest BCUT2D eigenvalue weighted by Gasteiger charge is 2.19. The van der Waals surface area contributed by atoms with Crippen molar-refractivity contribution in [2.45, 2.75) is 11.3 Å². The number of nitro groups is 1. The van der Waals surface area contributed by atoms with Crippen LogP contribution in [0.1, 0.15) is 16.8 Å². The SMILES string of the molecule is COC(=O)CCN(C)C(=O)c1ccc(SC)c([N+](=O)[O-])c1. The Labute approximate surface area is 126 Å². The molecule has 0 aliphatic heterocycles. The molecular formula is C13H16N2O5S. The molecule has 0 aliphatic carbocycles. The fourth-order valence-corrected chi connectivity index (χ4v) is 2.20. The number of ether oxygens (including phenoxy) is 1. The van der Waals surface area contributed by atoms with Crippen molar-refractivity contribution in [3.63, 3.8) is 0 Å². The van der Waals surface area contributed by atoms with Gasteiger partial charge in [0.2, 0.25) is 0 Å². The summed E-state index contributed by atoms with van der Waals surface area (Å²) in [5.74, 6) is -0.798. The molecule has 0 spiro atoms. The summed E-state index contributed by atoms with van der Waals surface area (Å²) in [7, 11) is 2.80. The van der Waals surface area contributed by atoms with Gasteiger partial charge in [0.25, 0.3) is 11.6 Å². The van der Waals surface area contributed by atoms with Crippen molar-refractivity contribution in [3.05, 3.63) is 33.9 Å². The Morgan fingerprint density at radius 1 is 1.43 bits per heavy atom. The first-order valence-electron chi connectivity index (χ1n) is 6.05. The Morgan fingerprint density at radius 3 is 2.62 bits per heavy atom. The molecule has 0 aromatic heterocycles. The lowest BCUT2D eigenvalue weighted by Crippen LogP contribution is -2.29. The predicted molar refractivity (Wildman–Crippen MR) is 78.5 cm³/mol. The third-order valence-electron chi connectivity index (χ3n) is 2.85. The van der Waals surface area contributed by atoms with Crippen molar-refractivity contribution in [1.29, 1.82) is 0 Å². The zero-order chi connectivity index (χ0) is 16.0. The number of rotatable bonds is 6. The lowest BCUT2D eigenvalue weighted by Gasteiger charge is -2.16. The van der Waals surface area contributed by atoms with Crippen LogP contribution in [0, 0.1) is 10.1 Å². The minimum absolute atomic E-state index is 0.0731. The van der Waals surface area contributed by atoms with Gasteiger partial charge in [0, 0.05) is 25.2 Å². The normalized spacial score (nSPS) is 10.0. The summed E-state index contributed by atoms with van der Waals surface area (Å²) in [6.45, 7) is 0.184. The van der Waals surface area contributed by atoms with Gasteiger partial charge in [-0.25, -0.2) is 0 Å². The van der Waals surface area contributed by atoms with Crippen LogP contribution < -0.4 is 0 Å². The third kappa shape index (κ3) is 4.45. The predicted octanol–water partition coefficient (Wildman–Crippen LogP) is 1.95. The van der Waals surface area contributed by atoms with Crippen molar-refractivity contribution in [1.82, 2.24) is 4.90 Å². The van der Waals surface area contributed by atoms with Gasteiger partial charge in [-0.3, -0.25) is 19.7 Å².